The van der Waals surface area contributed by atoms with E-state index in [0.29, 0.717) is 6.42 Å². The molecular weight excluding hydrogens is 170 g/mol. The summed E-state index contributed by atoms with van der Waals surface area (Å²) in [5, 5.41) is 18.0. The van der Waals surface area contributed by atoms with Crippen molar-refractivity contribution in [1.82, 2.24) is 0 Å². The quantitative estimate of drug-likeness (QED) is 0.543. The number of aliphatic hydroxyl groups excluding tert-OH is 1. The fraction of sp³-hybridized carbons (Fsp3) is 0.667. The molecule has 76 valence electrons. The Bertz CT molecular complexity index is 191. The van der Waals surface area contributed by atoms with E-state index in [0.717, 1.165) is 0 Å². The molecule has 0 aliphatic carbocycles. The molecule has 0 radical (unpaired) electrons. The maximum atomic E-state index is 10.4. The summed E-state index contributed by atoms with van der Waals surface area (Å²) in [7, 11) is 0. The molecule has 0 aliphatic rings. The second kappa shape index (κ2) is 5.72. The van der Waals surface area contributed by atoms with Gasteiger partial charge in [0.2, 0.25) is 0 Å². The number of aliphatic hydroxyl groups is 1. The molecule has 3 unspecified atom stereocenters. The Kier molecular flexibility index (Phi) is 5.34. The molecule has 0 heterocycles. The number of allylic oxidation sites excluding steroid dienone is 2. The minimum atomic E-state index is -1.19. The normalized spacial score (nSPS) is 18.5. The fourth-order valence-electron chi connectivity index (χ4n) is 0.990. The van der Waals surface area contributed by atoms with Gasteiger partial charge in [0.05, 0.1) is 6.10 Å². The lowest BCUT2D eigenvalue weighted by molar-refractivity contribution is -0.142. The minimum absolute atomic E-state index is 0.137. The first-order chi connectivity index (χ1) is 6.00. The van der Waals surface area contributed by atoms with Gasteiger partial charge in [-0.3, -0.25) is 4.79 Å². The Morgan fingerprint density at radius 2 is 2.15 bits per heavy atom. The van der Waals surface area contributed by atoms with Crippen molar-refractivity contribution in [3.05, 3.63) is 12.2 Å². The molecule has 0 fully saturated rings. The van der Waals surface area contributed by atoms with Gasteiger partial charge in [-0.05, 0) is 19.3 Å². The summed E-state index contributed by atoms with van der Waals surface area (Å²) in [6.07, 6.45) is 3.38. The van der Waals surface area contributed by atoms with Gasteiger partial charge in [-0.15, -0.1) is 0 Å². The van der Waals surface area contributed by atoms with Crippen LogP contribution in [0.25, 0.3) is 0 Å². The second-order valence-corrected chi connectivity index (χ2v) is 3.14. The van der Waals surface area contributed by atoms with E-state index in [2.05, 4.69) is 0 Å². The van der Waals surface area contributed by atoms with Crippen molar-refractivity contribution in [2.45, 2.75) is 32.4 Å². The zero-order chi connectivity index (χ0) is 10.4. The SMILES string of the molecule is C/C=C/CC(C)C(O)C(N)C(=O)O. The van der Waals surface area contributed by atoms with E-state index in [1.165, 1.54) is 0 Å². The molecule has 4 nitrogen and oxygen atoms in total. The fourth-order valence-corrected chi connectivity index (χ4v) is 0.990. The van der Waals surface area contributed by atoms with Crippen LogP contribution in [0.3, 0.4) is 0 Å². The minimum Gasteiger partial charge on any atom is -0.480 e. The predicted molar refractivity (Wildman–Crippen MR) is 50.2 cm³/mol. The van der Waals surface area contributed by atoms with Crippen LogP contribution in [0.15, 0.2) is 12.2 Å². The van der Waals surface area contributed by atoms with Crippen molar-refractivity contribution in [2.75, 3.05) is 0 Å². The van der Waals surface area contributed by atoms with Gasteiger partial charge >= 0.3 is 5.97 Å². The third kappa shape index (κ3) is 4.05. The Morgan fingerprint density at radius 1 is 1.62 bits per heavy atom. The third-order valence-electron chi connectivity index (χ3n) is 1.98. The number of nitrogens with two attached hydrogens (primary N) is 1. The predicted octanol–water partition coefficient (Wildman–Crippen LogP) is 0.362. The van der Waals surface area contributed by atoms with E-state index in [-0.39, 0.29) is 5.92 Å². The van der Waals surface area contributed by atoms with Crippen molar-refractivity contribution in [3.8, 4) is 0 Å². The molecule has 0 aromatic carbocycles. The molecule has 0 spiro atoms. The van der Waals surface area contributed by atoms with Crippen molar-refractivity contribution in [1.29, 1.82) is 0 Å². The van der Waals surface area contributed by atoms with Gasteiger partial charge in [-0.2, -0.15) is 0 Å². The molecule has 4 heteroatoms. The smallest absolute Gasteiger partial charge is 0.323 e. The Hall–Kier alpha value is -0.870. The highest BCUT2D eigenvalue weighted by Crippen LogP contribution is 2.11. The third-order valence-corrected chi connectivity index (χ3v) is 1.98. The lowest BCUT2D eigenvalue weighted by Crippen LogP contribution is -2.45. The molecular formula is C9H17NO3. The van der Waals surface area contributed by atoms with Gasteiger partial charge in [0, 0.05) is 0 Å². The lowest BCUT2D eigenvalue weighted by atomic mass is 9.95. The summed E-state index contributed by atoms with van der Waals surface area (Å²) in [6.45, 7) is 3.64. The first-order valence-electron chi connectivity index (χ1n) is 4.28. The van der Waals surface area contributed by atoms with E-state index in [9.17, 15) is 9.90 Å². The van der Waals surface area contributed by atoms with Gasteiger partial charge in [0.25, 0.3) is 0 Å². The highest BCUT2D eigenvalue weighted by molar-refractivity contribution is 5.73. The van der Waals surface area contributed by atoms with Gasteiger partial charge in [-0.25, -0.2) is 0 Å². The summed E-state index contributed by atoms with van der Waals surface area (Å²) in [6, 6.07) is -1.19. The maximum absolute atomic E-state index is 10.4. The van der Waals surface area contributed by atoms with Crippen LogP contribution in [0.4, 0.5) is 0 Å². The summed E-state index contributed by atoms with van der Waals surface area (Å²) in [5.41, 5.74) is 5.26. The molecule has 0 aliphatic heterocycles. The first kappa shape index (κ1) is 12.1. The van der Waals surface area contributed by atoms with Crippen LogP contribution < -0.4 is 5.73 Å². The molecule has 0 amide bonds. The Balaban J connectivity index is 4.08. The zero-order valence-corrected chi connectivity index (χ0v) is 7.97. The molecule has 0 saturated heterocycles. The highest BCUT2D eigenvalue weighted by atomic mass is 16.4. The molecule has 0 aromatic rings. The van der Waals surface area contributed by atoms with Gasteiger partial charge in [0.1, 0.15) is 6.04 Å². The largest absolute Gasteiger partial charge is 0.480 e. The van der Waals surface area contributed by atoms with Crippen molar-refractivity contribution in [2.24, 2.45) is 11.7 Å². The van der Waals surface area contributed by atoms with Gasteiger partial charge in [0.15, 0.2) is 0 Å². The average molecular weight is 187 g/mol. The number of hydrogen-bond donors (Lipinski definition) is 3. The van der Waals surface area contributed by atoms with E-state index >= 15 is 0 Å². The number of aliphatic carboxylic acids is 1. The Morgan fingerprint density at radius 3 is 2.54 bits per heavy atom. The molecule has 0 aromatic heterocycles. The van der Waals surface area contributed by atoms with Crippen LogP contribution in [0.1, 0.15) is 20.3 Å². The molecule has 0 bridgehead atoms. The molecule has 0 saturated carbocycles. The molecule has 4 N–H and O–H groups in total. The summed E-state index contributed by atoms with van der Waals surface area (Å²) >= 11 is 0. The van der Waals surface area contributed by atoms with E-state index in [1.54, 1.807) is 6.92 Å². The number of rotatable bonds is 5. The maximum Gasteiger partial charge on any atom is 0.323 e. The van der Waals surface area contributed by atoms with Crippen LogP contribution in [0, 0.1) is 5.92 Å². The number of carbonyl (C=O) groups is 1. The Labute approximate surface area is 78.1 Å². The highest BCUT2D eigenvalue weighted by Gasteiger charge is 2.26. The lowest BCUT2D eigenvalue weighted by Gasteiger charge is -2.20. The van der Waals surface area contributed by atoms with Crippen molar-refractivity contribution in [3.63, 3.8) is 0 Å². The topological polar surface area (TPSA) is 83.5 Å². The summed E-state index contributed by atoms with van der Waals surface area (Å²) in [4.78, 5) is 10.4. The van der Waals surface area contributed by atoms with Crippen LogP contribution in [0.5, 0.6) is 0 Å². The van der Waals surface area contributed by atoms with Crippen LogP contribution in [-0.2, 0) is 4.79 Å². The second-order valence-electron chi connectivity index (χ2n) is 3.14. The molecule has 0 rings (SSSR count). The monoisotopic (exact) mass is 187 g/mol. The molecule has 13 heavy (non-hydrogen) atoms. The molecule has 3 atom stereocenters. The van der Waals surface area contributed by atoms with Crippen molar-refractivity contribution >= 4 is 5.97 Å². The van der Waals surface area contributed by atoms with E-state index in [1.807, 2.05) is 19.1 Å². The summed E-state index contributed by atoms with van der Waals surface area (Å²) < 4.78 is 0. The first-order valence-corrected chi connectivity index (χ1v) is 4.28. The van der Waals surface area contributed by atoms with E-state index in [4.69, 9.17) is 10.8 Å². The zero-order valence-electron chi connectivity index (χ0n) is 7.97. The standard InChI is InChI=1S/C9H17NO3/c1-3-4-5-6(2)8(11)7(10)9(12)13/h3-4,6-8,11H,5,10H2,1-2H3,(H,12,13)/b4-3+. The van der Waals surface area contributed by atoms with E-state index < -0.39 is 18.1 Å². The van der Waals surface area contributed by atoms with Crippen LogP contribution >= 0.6 is 0 Å². The van der Waals surface area contributed by atoms with Crippen LogP contribution in [0.2, 0.25) is 0 Å². The van der Waals surface area contributed by atoms with Crippen molar-refractivity contribution < 1.29 is 15.0 Å². The summed E-state index contributed by atoms with van der Waals surface area (Å²) in [5.74, 6) is -1.30. The average Bonchev–Trinajstić information content (AvgIpc) is 2.11. The number of hydrogen-bond acceptors (Lipinski definition) is 3. The number of carboxylic acid groups (broad SMARTS) is 1. The number of carboxylic acids is 1. The van der Waals surface area contributed by atoms with Gasteiger partial charge in [-0.1, -0.05) is 19.1 Å². The van der Waals surface area contributed by atoms with Crippen LogP contribution in [-0.4, -0.2) is 28.3 Å². The van der Waals surface area contributed by atoms with Gasteiger partial charge < -0.3 is 15.9 Å².